The topological polar surface area (TPSA) is 39.4 Å². The lowest BCUT2D eigenvalue weighted by molar-refractivity contribution is 0.370. The van der Waals surface area contributed by atoms with Crippen LogP contribution in [0.1, 0.15) is 24.1 Å². The van der Waals surface area contributed by atoms with E-state index in [2.05, 4.69) is 9.97 Å². The first-order valence-electron chi connectivity index (χ1n) is 7.47. The summed E-state index contributed by atoms with van der Waals surface area (Å²) in [6, 6.07) is 7.19. The first-order chi connectivity index (χ1) is 10.8. The Hall–Kier alpha value is -2.43. The summed E-state index contributed by atoms with van der Waals surface area (Å²) in [4.78, 5) is 9.26. The fraction of sp³-hybridized carbons (Fsp3) is 0.294. The Morgan fingerprint density at radius 2 is 1.95 bits per heavy atom. The molecule has 0 spiro atoms. The third-order valence-electron chi connectivity index (χ3n) is 4.18. The van der Waals surface area contributed by atoms with Crippen molar-refractivity contribution in [2.24, 2.45) is 0 Å². The first kappa shape index (κ1) is 13.2. The van der Waals surface area contributed by atoms with E-state index in [9.17, 15) is 4.39 Å². The van der Waals surface area contributed by atoms with Crippen molar-refractivity contribution >= 4 is 5.65 Å². The molecule has 0 N–H and O–H groups in total. The molecule has 22 heavy (non-hydrogen) atoms. The molecule has 0 fully saturated rings. The van der Waals surface area contributed by atoms with Crippen LogP contribution in [0.4, 0.5) is 4.39 Å². The van der Waals surface area contributed by atoms with Crippen molar-refractivity contribution in [2.45, 2.75) is 25.7 Å². The molecule has 2 aromatic heterocycles. The Kier molecular flexibility index (Phi) is 3.06. The largest absolute Gasteiger partial charge is 0.468 e. The second-order valence-electron chi connectivity index (χ2n) is 5.53. The van der Waals surface area contributed by atoms with Crippen LogP contribution in [0.2, 0.25) is 0 Å². The SMILES string of the molecule is COc1nc2c(c3nc(-c4ccccc4F)cn13)CCCC2. The number of hydrogen-bond donors (Lipinski definition) is 0. The van der Waals surface area contributed by atoms with Crippen LogP contribution in [0.15, 0.2) is 30.5 Å². The van der Waals surface area contributed by atoms with E-state index in [1.165, 1.54) is 6.07 Å². The zero-order chi connectivity index (χ0) is 15.1. The van der Waals surface area contributed by atoms with Crippen LogP contribution in [0.25, 0.3) is 16.9 Å². The van der Waals surface area contributed by atoms with E-state index in [1.807, 2.05) is 10.5 Å². The van der Waals surface area contributed by atoms with Crippen molar-refractivity contribution in [3.63, 3.8) is 0 Å². The number of aromatic nitrogens is 3. The smallest absolute Gasteiger partial charge is 0.302 e. The Labute approximate surface area is 127 Å². The number of halogens is 1. The molecular weight excluding hydrogens is 281 g/mol. The molecule has 0 bridgehead atoms. The van der Waals surface area contributed by atoms with Gasteiger partial charge in [-0.25, -0.2) is 14.4 Å². The summed E-state index contributed by atoms with van der Waals surface area (Å²) in [6.07, 6.45) is 5.99. The first-order valence-corrected chi connectivity index (χ1v) is 7.47. The van der Waals surface area contributed by atoms with Crippen LogP contribution in [0.5, 0.6) is 6.01 Å². The molecule has 4 nitrogen and oxygen atoms in total. The van der Waals surface area contributed by atoms with Gasteiger partial charge in [0.25, 0.3) is 0 Å². The van der Waals surface area contributed by atoms with Crippen LogP contribution in [0, 0.1) is 5.82 Å². The number of aryl methyl sites for hydroxylation is 2. The lowest BCUT2D eigenvalue weighted by Crippen LogP contribution is -2.10. The van der Waals surface area contributed by atoms with Gasteiger partial charge in [0.1, 0.15) is 11.5 Å². The minimum Gasteiger partial charge on any atom is -0.468 e. The number of rotatable bonds is 2. The maximum absolute atomic E-state index is 14.0. The van der Waals surface area contributed by atoms with Crippen LogP contribution in [-0.2, 0) is 12.8 Å². The van der Waals surface area contributed by atoms with Gasteiger partial charge >= 0.3 is 6.01 Å². The van der Waals surface area contributed by atoms with Gasteiger partial charge in [0.05, 0.1) is 18.5 Å². The number of fused-ring (bicyclic) bond motifs is 3. The van der Waals surface area contributed by atoms with Crippen molar-refractivity contribution < 1.29 is 9.13 Å². The van der Waals surface area contributed by atoms with Crippen LogP contribution in [0.3, 0.4) is 0 Å². The molecule has 2 heterocycles. The summed E-state index contributed by atoms with van der Waals surface area (Å²) in [5.74, 6) is -0.272. The molecule has 0 atom stereocenters. The van der Waals surface area contributed by atoms with Gasteiger partial charge in [-0.05, 0) is 37.8 Å². The van der Waals surface area contributed by atoms with Gasteiger partial charge < -0.3 is 4.74 Å². The number of imidazole rings is 1. The lowest BCUT2D eigenvalue weighted by Gasteiger charge is -2.16. The third kappa shape index (κ3) is 1.96. The highest BCUT2D eigenvalue weighted by molar-refractivity contribution is 5.66. The molecule has 0 amide bonds. The normalized spacial score (nSPS) is 14.1. The number of hydrogen-bond acceptors (Lipinski definition) is 3. The molecule has 0 saturated heterocycles. The van der Waals surface area contributed by atoms with Crippen molar-refractivity contribution in [1.29, 1.82) is 0 Å². The number of benzene rings is 1. The molecule has 1 aliphatic rings. The fourth-order valence-corrected chi connectivity index (χ4v) is 3.10. The van der Waals surface area contributed by atoms with E-state index in [0.29, 0.717) is 17.3 Å². The summed E-state index contributed by atoms with van der Waals surface area (Å²) in [6.45, 7) is 0. The van der Waals surface area contributed by atoms with E-state index in [1.54, 1.807) is 25.4 Å². The number of nitrogens with zero attached hydrogens (tertiary/aromatic N) is 3. The molecule has 0 aliphatic heterocycles. The highest BCUT2D eigenvalue weighted by Gasteiger charge is 2.20. The molecule has 0 saturated carbocycles. The van der Waals surface area contributed by atoms with Gasteiger partial charge in [-0.1, -0.05) is 12.1 Å². The number of ether oxygens (including phenoxy) is 1. The summed E-state index contributed by atoms with van der Waals surface area (Å²) in [7, 11) is 1.60. The van der Waals surface area contributed by atoms with E-state index in [0.717, 1.165) is 42.6 Å². The average Bonchev–Trinajstić information content (AvgIpc) is 2.99. The molecule has 0 radical (unpaired) electrons. The maximum atomic E-state index is 14.0. The predicted octanol–water partition coefficient (Wildman–Crippen LogP) is 3.42. The van der Waals surface area contributed by atoms with Gasteiger partial charge in [-0.2, -0.15) is 0 Å². The summed E-state index contributed by atoms with van der Waals surface area (Å²) >= 11 is 0. The molecule has 1 aromatic carbocycles. The van der Waals surface area contributed by atoms with E-state index >= 15 is 0 Å². The van der Waals surface area contributed by atoms with Gasteiger partial charge in [0.15, 0.2) is 0 Å². The fourth-order valence-electron chi connectivity index (χ4n) is 3.10. The molecule has 3 aromatic rings. The molecule has 5 heteroatoms. The van der Waals surface area contributed by atoms with Crippen molar-refractivity contribution in [3.05, 3.63) is 47.5 Å². The van der Waals surface area contributed by atoms with E-state index < -0.39 is 0 Å². The van der Waals surface area contributed by atoms with E-state index in [-0.39, 0.29) is 5.82 Å². The van der Waals surface area contributed by atoms with Gasteiger partial charge in [0, 0.05) is 17.3 Å². The quantitative estimate of drug-likeness (QED) is 0.727. The van der Waals surface area contributed by atoms with Crippen LogP contribution < -0.4 is 4.74 Å². The van der Waals surface area contributed by atoms with E-state index in [4.69, 9.17) is 4.74 Å². The Balaban J connectivity index is 1.99. The van der Waals surface area contributed by atoms with Gasteiger partial charge in [0.2, 0.25) is 0 Å². The highest BCUT2D eigenvalue weighted by Crippen LogP contribution is 2.30. The maximum Gasteiger partial charge on any atom is 0.302 e. The molecule has 4 rings (SSSR count). The predicted molar refractivity (Wildman–Crippen MR) is 81.6 cm³/mol. The van der Waals surface area contributed by atoms with Crippen LogP contribution >= 0.6 is 0 Å². The van der Waals surface area contributed by atoms with Gasteiger partial charge in [-0.15, -0.1) is 0 Å². The van der Waals surface area contributed by atoms with Crippen LogP contribution in [-0.4, -0.2) is 21.5 Å². The molecule has 1 aliphatic carbocycles. The second-order valence-corrected chi connectivity index (χ2v) is 5.53. The summed E-state index contributed by atoms with van der Waals surface area (Å²) < 4.78 is 21.2. The Morgan fingerprint density at radius 1 is 1.14 bits per heavy atom. The summed E-state index contributed by atoms with van der Waals surface area (Å²) in [5.41, 5.74) is 4.16. The van der Waals surface area contributed by atoms with Crippen molar-refractivity contribution in [3.8, 4) is 17.3 Å². The molecular formula is C17H16FN3O. The lowest BCUT2D eigenvalue weighted by atomic mass is 9.97. The zero-order valence-corrected chi connectivity index (χ0v) is 12.3. The highest BCUT2D eigenvalue weighted by atomic mass is 19.1. The Morgan fingerprint density at radius 3 is 2.77 bits per heavy atom. The number of methoxy groups -OCH3 is 1. The van der Waals surface area contributed by atoms with Crippen molar-refractivity contribution in [1.82, 2.24) is 14.4 Å². The standard InChI is InChI=1S/C17H16FN3O/c1-22-17-20-14-9-5-3-7-12(14)16-19-15(10-21(16)17)11-6-2-4-8-13(11)18/h2,4,6,8,10H,3,5,7,9H2,1H3. The summed E-state index contributed by atoms with van der Waals surface area (Å²) in [5, 5.41) is 0. The monoisotopic (exact) mass is 297 g/mol. The van der Waals surface area contributed by atoms with Gasteiger partial charge in [-0.3, -0.25) is 4.40 Å². The molecule has 112 valence electrons. The third-order valence-corrected chi connectivity index (χ3v) is 4.18. The van der Waals surface area contributed by atoms with Crippen molar-refractivity contribution in [2.75, 3.05) is 7.11 Å². The second kappa shape index (κ2) is 5.09. The minimum atomic E-state index is -0.272. The Bertz CT molecular complexity index is 856. The zero-order valence-electron chi connectivity index (χ0n) is 12.3. The average molecular weight is 297 g/mol. The molecule has 0 unspecified atom stereocenters. The minimum absolute atomic E-state index is 0.272.